The van der Waals surface area contributed by atoms with Gasteiger partial charge in [-0.15, -0.1) is 0 Å². The number of amides is 2. The molecule has 0 bridgehead atoms. The van der Waals surface area contributed by atoms with Gasteiger partial charge < -0.3 is 15.3 Å². The predicted octanol–water partition coefficient (Wildman–Crippen LogP) is 0.206. The van der Waals surface area contributed by atoms with Crippen LogP contribution in [0.2, 0.25) is 0 Å². The zero-order valence-electron chi connectivity index (χ0n) is 9.91. The van der Waals surface area contributed by atoms with Crippen molar-refractivity contribution in [3.05, 3.63) is 0 Å². The molecule has 5 nitrogen and oxygen atoms in total. The van der Waals surface area contributed by atoms with Gasteiger partial charge >= 0.3 is 6.03 Å². The lowest BCUT2D eigenvalue weighted by Crippen LogP contribution is -2.54. The third kappa shape index (κ3) is 1.89. The molecule has 0 aromatic carbocycles. The number of rotatable bonds is 1. The van der Waals surface area contributed by atoms with Crippen LogP contribution in [0.4, 0.5) is 4.79 Å². The van der Waals surface area contributed by atoms with Crippen LogP contribution >= 0.6 is 0 Å². The lowest BCUT2D eigenvalue weighted by atomic mass is 9.85. The summed E-state index contributed by atoms with van der Waals surface area (Å²) < 4.78 is 0. The van der Waals surface area contributed by atoms with Crippen molar-refractivity contribution in [2.75, 3.05) is 33.4 Å². The number of hydrogen-bond acceptors (Lipinski definition) is 3. The van der Waals surface area contributed by atoms with Crippen molar-refractivity contribution in [3.63, 3.8) is 0 Å². The minimum atomic E-state index is 0.0170. The van der Waals surface area contributed by atoms with Crippen molar-refractivity contribution in [1.82, 2.24) is 15.1 Å². The maximum atomic E-state index is 11.5. The first kappa shape index (κ1) is 11.7. The van der Waals surface area contributed by atoms with E-state index in [2.05, 4.69) is 10.2 Å². The van der Waals surface area contributed by atoms with Gasteiger partial charge in [0.1, 0.15) is 0 Å². The molecule has 5 heteroatoms. The lowest BCUT2D eigenvalue weighted by molar-refractivity contribution is 0.00388. The number of carbonyl (C=O) groups is 1. The van der Waals surface area contributed by atoms with E-state index in [9.17, 15) is 9.90 Å². The first-order valence-electron chi connectivity index (χ1n) is 6.04. The monoisotopic (exact) mass is 227 g/mol. The van der Waals surface area contributed by atoms with E-state index >= 15 is 0 Å². The second kappa shape index (κ2) is 4.59. The predicted molar refractivity (Wildman–Crippen MR) is 61.0 cm³/mol. The number of likely N-dealkylation sites (tertiary alicyclic amines) is 2. The third-order valence-corrected chi connectivity index (χ3v) is 4.11. The van der Waals surface area contributed by atoms with Crippen LogP contribution in [-0.2, 0) is 0 Å². The molecule has 0 saturated carbocycles. The van der Waals surface area contributed by atoms with E-state index in [0.717, 1.165) is 38.9 Å². The number of piperidine rings is 1. The van der Waals surface area contributed by atoms with Crippen LogP contribution in [0.15, 0.2) is 0 Å². The highest BCUT2D eigenvalue weighted by Crippen LogP contribution is 2.37. The summed E-state index contributed by atoms with van der Waals surface area (Å²) >= 11 is 0. The lowest BCUT2D eigenvalue weighted by Gasteiger charge is -2.44. The Labute approximate surface area is 96.4 Å². The fraction of sp³-hybridized carbons (Fsp3) is 0.909. The third-order valence-electron chi connectivity index (χ3n) is 4.11. The number of hydrogen-bond donors (Lipinski definition) is 2. The van der Waals surface area contributed by atoms with E-state index < -0.39 is 0 Å². The number of aliphatic hydroxyl groups excluding tert-OH is 1. The van der Waals surface area contributed by atoms with Gasteiger partial charge in [0.2, 0.25) is 0 Å². The van der Waals surface area contributed by atoms with E-state index in [-0.39, 0.29) is 18.3 Å². The number of urea groups is 1. The topological polar surface area (TPSA) is 55.8 Å². The Morgan fingerprint density at radius 1 is 1.31 bits per heavy atom. The molecule has 92 valence electrons. The molecular weight excluding hydrogens is 206 g/mol. The molecule has 0 aromatic heterocycles. The molecule has 0 radical (unpaired) electrons. The molecule has 2 heterocycles. The Hall–Kier alpha value is -0.810. The van der Waals surface area contributed by atoms with Gasteiger partial charge in [-0.1, -0.05) is 0 Å². The molecular formula is C11H21N3O2. The van der Waals surface area contributed by atoms with Crippen LogP contribution in [-0.4, -0.2) is 59.9 Å². The van der Waals surface area contributed by atoms with E-state index in [1.54, 1.807) is 7.05 Å². The number of nitrogens with zero attached hydrogens (tertiary/aromatic N) is 2. The molecule has 0 aromatic rings. The Balaban J connectivity index is 1.95. The first-order valence-corrected chi connectivity index (χ1v) is 6.04. The van der Waals surface area contributed by atoms with E-state index in [1.165, 1.54) is 6.42 Å². The van der Waals surface area contributed by atoms with Gasteiger partial charge in [-0.25, -0.2) is 4.79 Å². The smallest absolute Gasteiger partial charge is 0.317 e. The molecule has 2 rings (SSSR count). The summed E-state index contributed by atoms with van der Waals surface area (Å²) in [6.07, 6.45) is 4.30. The van der Waals surface area contributed by atoms with Gasteiger partial charge in [-0.05, 0) is 25.7 Å². The van der Waals surface area contributed by atoms with Crippen molar-refractivity contribution in [2.45, 2.75) is 31.2 Å². The van der Waals surface area contributed by atoms with Crippen LogP contribution in [0.1, 0.15) is 25.7 Å². The highest BCUT2D eigenvalue weighted by molar-refractivity contribution is 5.73. The normalized spacial score (nSPS) is 25.0. The highest BCUT2D eigenvalue weighted by atomic mass is 16.3. The molecule has 0 aliphatic carbocycles. The summed E-state index contributed by atoms with van der Waals surface area (Å²) in [7, 11) is 1.67. The molecule has 2 aliphatic heterocycles. The summed E-state index contributed by atoms with van der Waals surface area (Å²) in [4.78, 5) is 15.5. The molecule has 2 aliphatic rings. The molecule has 16 heavy (non-hydrogen) atoms. The zero-order chi connectivity index (χ0) is 11.6. The second-order valence-corrected chi connectivity index (χ2v) is 4.77. The van der Waals surface area contributed by atoms with Crippen molar-refractivity contribution in [2.24, 2.45) is 0 Å². The second-order valence-electron chi connectivity index (χ2n) is 4.77. The van der Waals surface area contributed by atoms with Gasteiger partial charge in [0.05, 0.1) is 6.73 Å². The Bertz CT molecular complexity index is 262. The van der Waals surface area contributed by atoms with Crippen LogP contribution in [0.3, 0.4) is 0 Å². The fourth-order valence-electron chi connectivity index (χ4n) is 3.07. The summed E-state index contributed by atoms with van der Waals surface area (Å²) in [5, 5.41) is 12.0. The van der Waals surface area contributed by atoms with Crippen LogP contribution in [0.25, 0.3) is 0 Å². The minimum Gasteiger partial charge on any atom is -0.381 e. The summed E-state index contributed by atoms with van der Waals surface area (Å²) in [6.45, 7) is 2.75. The van der Waals surface area contributed by atoms with Crippen LogP contribution < -0.4 is 5.32 Å². The number of carbonyl (C=O) groups excluding carboxylic acids is 1. The number of aliphatic hydroxyl groups is 1. The van der Waals surface area contributed by atoms with Gasteiger partial charge in [0.15, 0.2) is 0 Å². The summed E-state index contributed by atoms with van der Waals surface area (Å²) in [6, 6.07) is 0.0170. The average Bonchev–Trinajstić information content (AvgIpc) is 2.72. The summed E-state index contributed by atoms with van der Waals surface area (Å²) in [5.41, 5.74) is 0.166. The first-order chi connectivity index (χ1) is 7.72. The maximum Gasteiger partial charge on any atom is 0.317 e. The Morgan fingerprint density at radius 2 is 2.00 bits per heavy atom. The maximum absolute atomic E-state index is 11.5. The van der Waals surface area contributed by atoms with Crippen LogP contribution in [0.5, 0.6) is 0 Å². The van der Waals surface area contributed by atoms with Crippen LogP contribution in [0, 0.1) is 0 Å². The Kier molecular flexibility index (Phi) is 3.35. The van der Waals surface area contributed by atoms with Gasteiger partial charge in [0.25, 0.3) is 0 Å². The molecule has 0 atom stereocenters. The van der Waals surface area contributed by atoms with Gasteiger partial charge in [-0.2, -0.15) is 0 Å². The standard InChI is InChI=1S/C11H21N3O2/c1-12-10(16)13-7-4-11(5-8-13)3-2-6-14(11)9-15/h15H,2-9H2,1H3,(H,12,16). The quantitative estimate of drug-likeness (QED) is 0.673. The van der Waals surface area contributed by atoms with Gasteiger partial charge in [0, 0.05) is 32.2 Å². The molecule has 2 N–H and O–H groups in total. The molecule has 1 spiro atoms. The Morgan fingerprint density at radius 3 is 2.56 bits per heavy atom. The molecule has 2 fully saturated rings. The van der Waals surface area contributed by atoms with Crippen molar-refractivity contribution >= 4 is 6.03 Å². The largest absolute Gasteiger partial charge is 0.381 e. The van der Waals surface area contributed by atoms with Crippen molar-refractivity contribution in [3.8, 4) is 0 Å². The minimum absolute atomic E-state index is 0.0170. The molecule has 0 unspecified atom stereocenters. The van der Waals surface area contributed by atoms with E-state index in [0.29, 0.717) is 0 Å². The van der Waals surface area contributed by atoms with E-state index in [1.807, 2.05) is 4.90 Å². The SMILES string of the molecule is CNC(=O)N1CCC2(CCCN2CO)CC1. The number of nitrogens with one attached hydrogen (secondary N) is 1. The highest BCUT2D eigenvalue weighted by Gasteiger charge is 2.43. The molecule has 2 saturated heterocycles. The van der Waals surface area contributed by atoms with E-state index in [4.69, 9.17) is 0 Å². The fourth-order valence-corrected chi connectivity index (χ4v) is 3.07. The average molecular weight is 227 g/mol. The molecule has 2 amide bonds. The van der Waals surface area contributed by atoms with Crippen molar-refractivity contribution < 1.29 is 9.90 Å². The van der Waals surface area contributed by atoms with Gasteiger partial charge in [-0.3, -0.25) is 4.90 Å². The zero-order valence-corrected chi connectivity index (χ0v) is 9.91. The van der Waals surface area contributed by atoms with Crippen molar-refractivity contribution in [1.29, 1.82) is 0 Å². The summed E-state index contributed by atoms with van der Waals surface area (Å²) in [5.74, 6) is 0.